The first-order chi connectivity index (χ1) is 7.61. The molecule has 0 atom stereocenters. The number of thiophene rings is 1. The van der Waals surface area contributed by atoms with Crippen LogP contribution in [0.4, 0.5) is 0 Å². The third-order valence-electron chi connectivity index (χ3n) is 2.22. The van der Waals surface area contributed by atoms with E-state index < -0.39 is 0 Å². The Hall–Kier alpha value is -0.390. The second-order valence-corrected chi connectivity index (χ2v) is 5.97. The molecule has 1 aromatic rings. The lowest BCUT2D eigenvalue weighted by molar-refractivity contribution is -0.140. The molecule has 5 heteroatoms. The number of esters is 1. The first-order valence-corrected chi connectivity index (χ1v) is 6.77. The van der Waals surface area contributed by atoms with Crippen molar-refractivity contribution in [3.8, 4) is 0 Å². The van der Waals surface area contributed by atoms with E-state index in [1.807, 2.05) is 0 Å². The van der Waals surface area contributed by atoms with Crippen molar-refractivity contribution in [3.63, 3.8) is 0 Å². The Kier molecular flexibility index (Phi) is 6.01. The van der Waals surface area contributed by atoms with Crippen LogP contribution >= 0.6 is 27.3 Å². The zero-order chi connectivity index (χ0) is 12.0. The summed E-state index contributed by atoms with van der Waals surface area (Å²) < 4.78 is 5.75. The number of hydrogen-bond donors (Lipinski definition) is 0. The van der Waals surface area contributed by atoms with Crippen LogP contribution < -0.4 is 0 Å². The Labute approximate surface area is 109 Å². The van der Waals surface area contributed by atoms with E-state index in [0.29, 0.717) is 6.42 Å². The summed E-state index contributed by atoms with van der Waals surface area (Å²) in [5, 5.41) is 2.14. The lowest BCUT2D eigenvalue weighted by Gasteiger charge is -2.14. The minimum atomic E-state index is -0.133. The summed E-state index contributed by atoms with van der Waals surface area (Å²) in [5.41, 5.74) is 1.30. The SMILES string of the molecule is COC(=O)CCCN(C)Cc1csc(Br)c1. The van der Waals surface area contributed by atoms with Gasteiger partial charge < -0.3 is 9.64 Å². The number of nitrogens with zero attached hydrogens (tertiary/aromatic N) is 1. The smallest absolute Gasteiger partial charge is 0.305 e. The van der Waals surface area contributed by atoms with Gasteiger partial charge in [0.1, 0.15) is 0 Å². The third kappa shape index (κ3) is 5.09. The lowest BCUT2D eigenvalue weighted by atomic mass is 10.2. The van der Waals surface area contributed by atoms with Gasteiger partial charge in [0.2, 0.25) is 0 Å². The van der Waals surface area contributed by atoms with Crippen molar-refractivity contribution < 1.29 is 9.53 Å². The fraction of sp³-hybridized carbons (Fsp3) is 0.545. The molecule has 0 bridgehead atoms. The van der Waals surface area contributed by atoms with E-state index >= 15 is 0 Å². The van der Waals surface area contributed by atoms with Crippen molar-refractivity contribution in [1.29, 1.82) is 0 Å². The summed E-state index contributed by atoms with van der Waals surface area (Å²) in [6, 6.07) is 2.13. The predicted octanol–water partition coefficient (Wildman–Crippen LogP) is 2.90. The van der Waals surface area contributed by atoms with Crippen molar-refractivity contribution in [3.05, 3.63) is 20.8 Å². The maximum Gasteiger partial charge on any atom is 0.305 e. The molecule has 0 radical (unpaired) electrons. The molecule has 0 aromatic carbocycles. The first-order valence-electron chi connectivity index (χ1n) is 5.10. The van der Waals surface area contributed by atoms with Crippen molar-refractivity contribution in [2.45, 2.75) is 19.4 Å². The average Bonchev–Trinajstić information content (AvgIpc) is 2.63. The Morgan fingerprint density at radius 1 is 1.62 bits per heavy atom. The molecule has 3 nitrogen and oxygen atoms in total. The summed E-state index contributed by atoms with van der Waals surface area (Å²) in [7, 11) is 3.48. The standard InChI is InChI=1S/C11H16BrNO2S/c1-13(5-3-4-11(14)15-2)7-9-6-10(12)16-8-9/h6,8H,3-5,7H2,1-2H3. The Bertz CT molecular complexity index is 340. The lowest BCUT2D eigenvalue weighted by Crippen LogP contribution is -2.19. The Morgan fingerprint density at radius 2 is 2.38 bits per heavy atom. The van der Waals surface area contributed by atoms with Crippen LogP contribution in [0.2, 0.25) is 0 Å². The van der Waals surface area contributed by atoms with Gasteiger partial charge >= 0.3 is 5.97 Å². The highest BCUT2D eigenvalue weighted by atomic mass is 79.9. The minimum absolute atomic E-state index is 0.133. The van der Waals surface area contributed by atoms with Gasteiger partial charge in [-0.15, -0.1) is 11.3 Å². The number of rotatable bonds is 6. The molecule has 0 unspecified atom stereocenters. The fourth-order valence-electron chi connectivity index (χ4n) is 1.41. The normalized spacial score (nSPS) is 10.8. The van der Waals surface area contributed by atoms with Crippen LogP contribution in [0.1, 0.15) is 18.4 Å². The molecule has 0 N–H and O–H groups in total. The highest BCUT2D eigenvalue weighted by molar-refractivity contribution is 9.11. The van der Waals surface area contributed by atoms with Crippen LogP contribution in [0, 0.1) is 0 Å². The van der Waals surface area contributed by atoms with E-state index in [0.717, 1.165) is 23.3 Å². The summed E-state index contributed by atoms with van der Waals surface area (Å²) in [6.45, 7) is 1.83. The average molecular weight is 306 g/mol. The quantitative estimate of drug-likeness (QED) is 0.757. The van der Waals surface area contributed by atoms with Crippen LogP contribution in [0.25, 0.3) is 0 Å². The molecule has 0 aliphatic heterocycles. The number of carbonyl (C=O) groups excluding carboxylic acids is 1. The summed E-state index contributed by atoms with van der Waals surface area (Å²) >= 11 is 5.14. The number of halogens is 1. The van der Waals surface area contributed by atoms with E-state index in [4.69, 9.17) is 0 Å². The van der Waals surface area contributed by atoms with Crippen LogP contribution in [-0.4, -0.2) is 31.6 Å². The van der Waals surface area contributed by atoms with Crippen LogP contribution in [-0.2, 0) is 16.1 Å². The summed E-state index contributed by atoms with van der Waals surface area (Å²) in [6.07, 6.45) is 1.34. The van der Waals surface area contributed by atoms with Gasteiger partial charge in [-0.05, 0) is 53.0 Å². The van der Waals surface area contributed by atoms with Gasteiger partial charge in [-0.2, -0.15) is 0 Å². The molecule has 0 amide bonds. The Morgan fingerprint density at radius 3 is 2.94 bits per heavy atom. The van der Waals surface area contributed by atoms with Crippen LogP contribution in [0.3, 0.4) is 0 Å². The molecular formula is C11H16BrNO2S. The molecule has 16 heavy (non-hydrogen) atoms. The van der Waals surface area contributed by atoms with Crippen molar-refractivity contribution in [2.75, 3.05) is 20.7 Å². The van der Waals surface area contributed by atoms with Crippen molar-refractivity contribution >= 4 is 33.2 Å². The number of hydrogen-bond acceptors (Lipinski definition) is 4. The van der Waals surface area contributed by atoms with E-state index in [-0.39, 0.29) is 5.97 Å². The monoisotopic (exact) mass is 305 g/mol. The maximum atomic E-state index is 10.9. The summed E-state index contributed by atoms with van der Waals surface area (Å²) in [5.74, 6) is -0.133. The highest BCUT2D eigenvalue weighted by Crippen LogP contribution is 2.21. The predicted molar refractivity (Wildman–Crippen MR) is 69.6 cm³/mol. The zero-order valence-electron chi connectivity index (χ0n) is 9.53. The molecule has 0 spiro atoms. The van der Waals surface area contributed by atoms with E-state index in [1.165, 1.54) is 12.7 Å². The van der Waals surface area contributed by atoms with Gasteiger partial charge in [-0.1, -0.05) is 0 Å². The summed E-state index contributed by atoms with van der Waals surface area (Å²) in [4.78, 5) is 13.1. The van der Waals surface area contributed by atoms with Gasteiger partial charge in [-0.3, -0.25) is 4.79 Å². The van der Waals surface area contributed by atoms with Gasteiger partial charge in [0.15, 0.2) is 0 Å². The molecule has 0 saturated heterocycles. The Balaban J connectivity index is 2.20. The largest absolute Gasteiger partial charge is 0.469 e. The minimum Gasteiger partial charge on any atom is -0.469 e. The zero-order valence-corrected chi connectivity index (χ0v) is 11.9. The number of ether oxygens (including phenoxy) is 1. The number of carbonyl (C=O) groups is 1. The highest BCUT2D eigenvalue weighted by Gasteiger charge is 2.04. The van der Waals surface area contributed by atoms with Crippen molar-refractivity contribution in [2.24, 2.45) is 0 Å². The van der Waals surface area contributed by atoms with Gasteiger partial charge in [0.05, 0.1) is 10.9 Å². The molecule has 90 valence electrons. The topological polar surface area (TPSA) is 29.5 Å². The van der Waals surface area contributed by atoms with Crippen LogP contribution in [0.15, 0.2) is 15.2 Å². The van der Waals surface area contributed by atoms with E-state index in [2.05, 4.69) is 44.1 Å². The maximum absolute atomic E-state index is 10.9. The fourth-order valence-corrected chi connectivity index (χ4v) is 2.62. The second kappa shape index (κ2) is 7.04. The molecule has 1 heterocycles. The molecule has 0 saturated carbocycles. The molecule has 0 aliphatic carbocycles. The third-order valence-corrected chi connectivity index (χ3v) is 3.78. The van der Waals surface area contributed by atoms with Gasteiger partial charge in [0.25, 0.3) is 0 Å². The molecule has 1 rings (SSSR count). The van der Waals surface area contributed by atoms with Gasteiger partial charge in [0, 0.05) is 13.0 Å². The van der Waals surface area contributed by atoms with E-state index in [9.17, 15) is 4.79 Å². The second-order valence-electron chi connectivity index (χ2n) is 3.68. The van der Waals surface area contributed by atoms with E-state index in [1.54, 1.807) is 11.3 Å². The van der Waals surface area contributed by atoms with Gasteiger partial charge in [-0.25, -0.2) is 0 Å². The molecule has 0 aliphatic rings. The van der Waals surface area contributed by atoms with Crippen LogP contribution in [0.5, 0.6) is 0 Å². The molecular weight excluding hydrogens is 290 g/mol. The molecule has 1 aromatic heterocycles. The van der Waals surface area contributed by atoms with Crippen molar-refractivity contribution in [1.82, 2.24) is 4.90 Å². The molecule has 0 fully saturated rings. The number of methoxy groups -OCH3 is 1. The first kappa shape index (κ1) is 13.7.